The van der Waals surface area contributed by atoms with Crippen LogP contribution in [0.15, 0.2) is 27.2 Å². The zero-order valence-corrected chi connectivity index (χ0v) is 13.7. The van der Waals surface area contributed by atoms with Gasteiger partial charge in [0.25, 0.3) is 0 Å². The second-order valence-corrected chi connectivity index (χ2v) is 6.81. The van der Waals surface area contributed by atoms with Crippen molar-refractivity contribution in [3.05, 3.63) is 32.1 Å². The molecule has 2 rings (SSSR count). The van der Waals surface area contributed by atoms with Crippen LogP contribution in [0.3, 0.4) is 0 Å². The molecule has 1 aromatic rings. The van der Waals surface area contributed by atoms with Crippen molar-refractivity contribution >= 4 is 50.6 Å². The molecule has 0 fully saturated rings. The van der Waals surface area contributed by atoms with Gasteiger partial charge in [-0.1, -0.05) is 6.92 Å². The van der Waals surface area contributed by atoms with Gasteiger partial charge in [-0.05, 0) is 46.7 Å². The van der Waals surface area contributed by atoms with E-state index in [0.717, 1.165) is 14.4 Å². The Morgan fingerprint density at radius 1 is 1.58 bits per heavy atom. The first-order chi connectivity index (χ1) is 9.06. The molecule has 1 aliphatic rings. The summed E-state index contributed by atoms with van der Waals surface area (Å²) in [5.74, 6) is -0.339. The van der Waals surface area contributed by atoms with Gasteiger partial charge in [0.1, 0.15) is 0 Å². The number of esters is 1. The highest BCUT2D eigenvalue weighted by molar-refractivity contribution is 9.11. The highest BCUT2D eigenvalue weighted by Gasteiger charge is 2.32. The van der Waals surface area contributed by atoms with Crippen molar-refractivity contribution in [3.63, 3.8) is 0 Å². The fraction of sp³-hybridized carbons (Fsp3) is 0.333. The topological polar surface area (TPSA) is 50.4 Å². The van der Waals surface area contributed by atoms with Crippen molar-refractivity contribution in [2.75, 3.05) is 7.11 Å². The zero-order valence-electron chi connectivity index (χ0n) is 10.5. The van der Waals surface area contributed by atoms with Crippen LogP contribution in [0.25, 0.3) is 0 Å². The van der Waals surface area contributed by atoms with E-state index in [2.05, 4.69) is 26.6 Å². The van der Waals surface area contributed by atoms with Crippen molar-refractivity contribution < 1.29 is 9.53 Å². The third-order valence-corrected chi connectivity index (χ3v) is 4.70. The first-order valence-corrected chi connectivity index (χ1v) is 7.72. The first kappa shape index (κ1) is 14.5. The lowest BCUT2D eigenvalue weighted by Gasteiger charge is -2.29. The highest BCUT2D eigenvalue weighted by atomic mass is 79.9. The van der Waals surface area contributed by atoms with Gasteiger partial charge in [-0.2, -0.15) is 0 Å². The van der Waals surface area contributed by atoms with Crippen molar-refractivity contribution in [1.82, 2.24) is 10.6 Å². The molecular formula is C12H13BrN2O2S2. The van der Waals surface area contributed by atoms with E-state index in [0.29, 0.717) is 17.1 Å². The van der Waals surface area contributed by atoms with Crippen LogP contribution >= 0.6 is 39.5 Å². The van der Waals surface area contributed by atoms with Crippen LogP contribution in [-0.2, 0) is 9.53 Å². The number of hydrogen-bond acceptors (Lipinski definition) is 4. The van der Waals surface area contributed by atoms with Crippen LogP contribution in [-0.4, -0.2) is 18.2 Å². The molecule has 0 amide bonds. The summed E-state index contributed by atoms with van der Waals surface area (Å²) in [5.41, 5.74) is 1.40. The summed E-state index contributed by atoms with van der Waals surface area (Å²) in [6, 6.07) is 3.66. The van der Waals surface area contributed by atoms with E-state index in [9.17, 15) is 4.79 Å². The molecule has 2 N–H and O–H groups in total. The van der Waals surface area contributed by atoms with Crippen LogP contribution in [0.4, 0.5) is 0 Å². The quantitative estimate of drug-likeness (QED) is 0.641. The minimum atomic E-state index is -0.339. The third-order valence-electron chi connectivity index (χ3n) is 2.79. The van der Waals surface area contributed by atoms with E-state index in [4.69, 9.17) is 17.0 Å². The number of allylic oxidation sites excluding steroid dienone is 1. The fourth-order valence-electron chi connectivity index (χ4n) is 1.94. The summed E-state index contributed by atoms with van der Waals surface area (Å²) in [6.07, 6.45) is 0.690. The second kappa shape index (κ2) is 6.02. The third kappa shape index (κ3) is 2.98. The summed E-state index contributed by atoms with van der Waals surface area (Å²) < 4.78 is 5.90. The van der Waals surface area contributed by atoms with E-state index in [-0.39, 0.29) is 12.0 Å². The van der Waals surface area contributed by atoms with Gasteiger partial charge in [-0.25, -0.2) is 4.79 Å². The SMILES string of the molecule is CCC1=C(C(=O)OC)[C@@H](c2ccc(Br)s2)NC(=S)N1. The maximum Gasteiger partial charge on any atom is 0.338 e. The summed E-state index contributed by atoms with van der Waals surface area (Å²) in [6.45, 7) is 1.97. The Morgan fingerprint density at radius 2 is 2.32 bits per heavy atom. The highest BCUT2D eigenvalue weighted by Crippen LogP contribution is 2.34. The molecule has 0 bridgehead atoms. The van der Waals surface area contributed by atoms with Crippen molar-refractivity contribution in [3.8, 4) is 0 Å². The molecule has 0 radical (unpaired) electrons. The zero-order chi connectivity index (χ0) is 14.0. The molecule has 4 nitrogen and oxygen atoms in total. The normalized spacial score (nSPS) is 18.9. The molecule has 0 unspecified atom stereocenters. The average Bonchev–Trinajstić information content (AvgIpc) is 2.83. The van der Waals surface area contributed by atoms with Gasteiger partial charge in [0.15, 0.2) is 5.11 Å². The number of thiocarbonyl (C=S) groups is 1. The lowest BCUT2D eigenvalue weighted by Crippen LogP contribution is -2.45. The molecule has 102 valence electrons. The van der Waals surface area contributed by atoms with E-state index in [1.807, 2.05) is 19.1 Å². The molecule has 19 heavy (non-hydrogen) atoms. The van der Waals surface area contributed by atoms with Gasteiger partial charge in [0, 0.05) is 10.6 Å². The van der Waals surface area contributed by atoms with E-state index < -0.39 is 0 Å². The van der Waals surface area contributed by atoms with Gasteiger partial charge in [-0.15, -0.1) is 11.3 Å². The summed E-state index contributed by atoms with van der Waals surface area (Å²) in [5, 5.41) is 6.68. The number of rotatable bonds is 3. The van der Waals surface area contributed by atoms with Crippen molar-refractivity contribution in [2.24, 2.45) is 0 Å². The van der Waals surface area contributed by atoms with E-state index in [1.54, 1.807) is 11.3 Å². The number of carbonyl (C=O) groups is 1. The number of ether oxygens (including phenoxy) is 1. The van der Waals surface area contributed by atoms with Gasteiger partial charge >= 0.3 is 5.97 Å². The van der Waals surface area contributed by atoms with Gasteiger partial charge in [0.2, 0.25) is 0 Å². The Balaban J connectivity index is 2.49. The summed E-state index contributed by atoms with van der Waals surface area (Å²) in [4.78, 5) is 13.0. The molecular weight excluding hydrogens is 348 g/mol. The molecule has 1 aliphatic heterocycles. The largest absolute Gasteiger partial charge is 0.466 e. The number of nitrogens with one attached hydrogen (secondary N) is 2. The van der Waals surface area contributed by atoms with Crippen LogP contribution in [0, 0.1) is 0 Å². The predicted molar refractivity (Wildman–Crippen MR) is 83.0 cm³/mol. The minimum absolute atomic E-state index is 0.257. The Bertz CT molecular complexity index is 554. The maximum atomic E-state index is 12.0. The minimum Gasteiger partial charge on any atom is -0.466 e. The molecule has 0 saturated carbocycles. The number of methoxy groups -OCH3 is 1. The number of hydrogen-bond donors (Lipinski definition) is 2. The summed E-state index contributed by atoms with van der Waals surface area (Å²) in [7, 11) is 1.39. The molecule has 1 atom stereocenters. The molecule has 0 aliphatic carbocycles. The Morgan fingerprint density at radius 3 is 2.84 bits per heavy atom. The van der Waals surface area contributed by atoms with Gasteiger partial charge in [-0.3, -0.25) is 0 Å². The van der Waals surface area contributed by atoms with Crippen molar-refractivity contribution in [2.45, 2.75) is 19.4 Å². The van der Waals surface area contributed by atoms with Crippen molar-refractivity contribution in [1.29, 1.82) is 0 Å². The average molecular weight is 361 g/mol. The number of carbonyl (C=O) groups excluding carboxylic acids is 1. The molecule has 1 aromatic heterocycles. The van der Waals surface area contributed by atoms with Crippen LogP contribution in [0.2, 0.25) is 0 Å². The summed E-state index contributed by atoms with van der Waals surface area (Å²) >= 11 is 10.2. The molecule has 0 spiro atoms. The smallest absolute Gasteiger partial charge is 0.338 e. The molecule has 7 heteroatoms. The lowest BCUT2D eigenvalue weighted by molar-refractivity contribution is -0.136. The monoisotopic (exact) mass is 360 g/mol. The molecule has 0 aromatic carbocycles. The van der Waals surface area contributed by atoms with Crippen LogP contribution in [0.1, 0.15) is 24.3 Å². The Kier molecular flexibility index (Phi) is 4.59. The lowest BCUT2D eigenvalue weighted by atomic mass is 10.00. The Hall–Kier alpha value is -0.920. The number of thiophene rings is 1. The Labute approximate surface area is 129 Å². The molecule has 2 heterocycles. The van der Waals surface area contributed by atoms with Gasteiger partial charge < -0.3 is 15.4 Å². The molecule has 0 saturated heterocycles. The second-order valence-electron chi connectivity index (χ2n) is 3.91. The van der Waals surface area contributed by atoms with Gasteiger partial charge in [0.05, 0.1) is 22.5 Å². The van der Waals surface area contributed by atoms with E-state index in [1.165, 1.54) is 7.11 Å². The number of halogens is 1. The van der Waals surface area contributed by atoms with Crippen LogP contribution in [0.5, 0.6) is 0 Å². The predicted octanol–water partition coefficient (Wildman–Crippen LogP) is 2.87. The maximum absolute atomic E-state index is 12.0. The fourth-order valence-corrected chi connectivity index (χ4v) is 3.67. The first-order valence-electron chi connectivity index (χ1n) is 5.71. The van der Waals surface area contributed by atoms with E-state index >= 15 is 0 Å². The standard InChI is InChI=1S/C12H13BrN2O2S2/c1-3-6-9(11(16)17-2)10(15-12(18)14-6)7-4-5-8(13)19-7/h4-5,10H,3H2,1-2H3,(H2,14,15,18)/t10-/m1/s1. The van der Waals surface area contributed by atoms with Crippen LogP contribution < -0.4 is 10.6 Å².